The van der Waals surface area contributed by atoms with Crippen LogP contribution in [-0.2, 0) is 11.3 Å². The highest BCUT2D eigenvalue weighted by molar-refractivity contribution is 5.89. The largest absolute Gasteiger partial charge is 0.395 e. The standard InChI is InChI=1S/C12H12N6O2/c19-6-2-1-3-10-4-5-13-11(7-10)15-12(20)8-18-9-14-16-17-18/h4-5,7,9,19H,2,6,8H2,(H,13,15,20). The minimum Gasteiger partial charge on any atom is -0.395 e. The smallest absolute Gasteiger partial charge is 0.247 e. The van der Waals surface area contributed by atoms with Crippen LogP contribution in [0.3, 0.4) is 0 Å². The van der Waals surface area contributed by atoms with E-state index in [0.717, 1.165) is 0 Å². The lowest BCUT2D eigenvalue weighted by atomic mass is 10.2. The molecule has 0 radical (unpaired) electrons. The Bertz CT molecular complexity index is 629. The van der Waals surface area contributed by atoms with E-state index in [1.54, 1.807) is 18.3 Å². The minimum atomic E-state index is -0.287. The van der Waals surface area contributed by atoms with Crippen molar-refractivity contribution in [1.82, 2.24) is 25.2 Å². The lowest BCUT2D eigenvalue weighted by Crippen LogP contribution is -2.19. The second kappa shape index (κ2) is 6.96. The molecule has 0 bridgehead atoms. The van der Waals surface area contributed by atoms with Gasteiger partial charge in [-0.3, -0.25) is 4.79 Å². The second-order valence-corrected chi connectivity index (χ2v) is 3.76. The molecule has 1 amide bonds. The highest BCUT2D eigenvalue weighted by Crippen LogP contribution is 2.05. The summed E-state index contributed by atoms with van der Waals surface area (Å²) in [7, 11) is 0. The van der Waals surface area contributed by atoms with Crippen LogP contribution in [0.5, 0.6) is 0 Å². The van der Waals surface area contributed by atoms with Gasteiger partial charge in [-0.15, -0.1) is 5.10 Å². The van der Waals surface area contributed by atoms with Gasteiger partial charge in [0.25, 0.3) is 0 Å². The van der Waals surface area contributed by atoms with Gasteiger partial charge in [0.05, 0.1) is 6.61 Å². The molecular weight excluding hydrogens is 260 g/mol. The van der Waals surface area contributed by atoms with Gasteiger partial charge in [-0.1, -0.05) is 11.8 Å². The summed E-state index contributed by atoms with van der Waals surface area (Å²) in [5, 5.41) is 21.7. The van der Waals surface area contributed by atoms with Crippen LogP contribution in [0.15, 0.2) is 24.7 Å². The zero-order chi connectivity index (χ0) is 14.2. The van der Waals surface area contributed by atoms with Crippen molar-refractivity contribution in [3.05, 3.63) is 30.2 Å². The summed E-state index contributed by atoms with van der Waals surface area (Å²) < 4.78 is 1.31. The highest BCUT2D eigenvalue weighted by atomic mass is 16.2. The van der Waals surface area contributed by atoms with Crippen LogP contribution in [0, 0.1) is 11.8 Å². The number of amides is 1. The number of nitrogens with zero attached hydrogens (tertiary/aromatic N) is 5. The van der Waals surface area contributed by atoms with E-state index >= 15 is 0 Å². The third-order valence-corrected chi connectivity index (χ3v) is 2.19. The van der Waals surface area contributed by atoms with E-state index in [0.29, 0.717) is 17.8 Å². The van der Waals surface area contributed by atoms with E-state index in [9.17, 15) is 4.79 Å². The van der Waals surface area contributed by atoms with E-state index in [4.69, 9.17) is 5.11 Å². The van der Waals surface area contributed by atoms with Crippen molar-refractivity contribution in [2.75, 3.05) is 11.9 Å². The van der Waals surface area contributed by atoms with E-state index in [2.05, 4.69) is 37.7 Å². The van der Waals surface area contributed by atoms with Crippen molar-refractivity contribution in [3.8, 4) is 11.8 Å². The summed E-state index contributed by atoms with van der Waals surface area (Å²) in [6.07, 6.45) is 3.31. The molecule has 2 rings (SSSR count). The molecule has 102 valence electrons. The Labute approximate surface area is 114 Å². The number of aliphatic hydroxyl groups excluding tert-OH is 1. The van der Waals surface area contributed by atoms with Crippen molar-refractivity contribution >= 4 is 11.7 Å². The summed E-state index contributed by atoms with van der Waals surface area (Å²) >= 11 is 0. The SMILES string of the molecule is O=C(Cn1cnnn1)Nc1cc(C#CCCO)ccn1. The maximum absolute atomic E-state index is 11.7. The number of anilines is 1. The normalized spacial score (nSPS) is 9.65. The fourth-order valence-corrected chi connectivity index (χ4v) is 1.38. The Morgan fingerprint density at radius 2 is 2.40 bits per heavy atom. The number of carbonyl (C=O) groups excluding carboxylic acids is 1. The van der Waals surface area contributed by atoms with Gasteiger partial charge >= 0.3 is 0 Å². The number of rotatable bonds is 4. The molecule has 0 unspecified atom stereocenters. The summed E-state index contributed by atoms with van der Waals surface area (Å²) in [4.78, 5) is 15.7. The van der Waals surface area contributed by atoms with Gasteiger partial charge in [-0.05, 0) is 22.6 Å². The third-order valence-electron chi connectivity index (χ3n) is 2.19. The number of nitrogens with one attached hydrogen (secondary N) is 1. The quantitative estimate of drug-likeness (QED) is 0.723. The van der Waals surface area contributed by atoms with Crippen LogP contribution in [0.2, 0.25) is 0 Å². The first-order valence-corrected chi connectivity index (χ1v) is 5.84. The van der Waals surface area contributed by atoms with Gasteiger partial charge in [0.2, 0.25) is 5.91 Å². The molecule has 0 aliphatic rings. The summed E-state index contributed by atoms with van der Waals surface area (Å²) in [6, 6.07) is 3.38. The predicted octanol–water partition coefficient (Wildman–Crippen LogP) is -0.559. The zero-order valence-electron chi connectivity index (χ0n) is 10.5. The van der Waals surface area contributed by atoms with Gasteiger partial charge in [0.1, 0.15) is 18.7 Å². The van der Waals surface area contributed by atoms with Crippen molar-refractivity contribution in [3.63, 3.8) is 0 Å². The van der Waals surface area contributed by atoms with Crippen molar-refractivity contribution in [2.45, 2.75) is 13.0 Å². The summed E-state index contributed by atoms with van der Waals surface area (Å²) in [6.45, 7) is 0.0305. The molecule has 0 aromatic carbocycles. The predicted molar refractivity (Wildman–Crippen MR) is 69.3 cm³/mol. The Balaban J connectivity index is 1.97. The van der Waals surface area contributed by atoms with Crippen LogP contribution in [0.25, 0.3) is 0 Å². The van der Waals surface area contributed by atoms with Crippen molar-refractivity contribution < 1.29 is 9.90 Å². The zero-order valence-corrected chi connectivity index (χ0v) is 10.5. The van der Waals surface area contributed by atoms with Crippen LogP contribution in [0.1, 0.15) is 12.0 Å². The molecule has 2 aromatic rings. The van der Waals surface area contributed by atoms with Gasteiger partial charge in [0, 0.05) is 18.2 Å². The van der Waals surface area contributed by atoms with E-state index in [1.165, 1.54) is 11.0 Å². The van der Waals surface area contributed by atoms with Gasteiger partial charge in [-0.2, -0.15) is 0 Å². The molecule has 0 atom stereocenters. The summed E-state index contributed by atoms with van der Waals surface area (Å²) in [5.41, 5.74) is 0.714. The van der Waals surface area contributed by atoms with Crippen LogP contribution in [0.4, 0.5) is 5.82 Å². The molecule has 8 nitrogen and oxygen atoms in total. The highest BCUT2D eigenvalue weighted by Gasteiger charge is 2.05. The Morgan fingerprint density at radius 1 is 1.50 bits per heavy atom. The molecule has 2 aromatic heterocycles. The molecule has 0 fully saturated rings. The maximum Gasteiger partial charge on any atom is 0.247 e. The topological polar surface area (TPSA) is 106 Å². The van der Waals surface area contributed by atoms with Crippen molar-refractivity contribution in [1.29, 1.82) is 0 Å². The lowest BCUT2D eigenvalue weighted by molar-refractivity contribution is -0.116. The van der Waals surface area contributed by atoms with Crippen LogP contribution >= 0.6 is 0 Å². The second-order valence-electron chi connectivity index (χ2n) is 3.76. The monoisotopic (exact) mass is 272 g/mol. The van der Waals surface area contributed by atoms with Crippen LogP contribution in [-0.4, -0.2) is 42.8 Å². The molecule has 2 heterocycles. The molecule has 0 saturated carbocycles. The van der Waals surface area contributed by atoms with E-state index < -0.39 is 0 Å². The average molecular weight is 272 g/mol. The Kier molecular flexibility index (Phi) is 4.75. The van der Waals surface area contributed by atoms with Gasteiger partial charge in [-0.25, -0.2) is 9.67 Å². The first kappa shape index (κ1) is 13.6. The van der Waals surface area contributed by atoms with E-state index in [1.807, 2.05) is 0 Å². The number of aromatic nitrogens is 5. The Hall–Kier alpha value is -2.79. The van der Waals surface area contributed by atoms with Crippen LogP contribution < -0.4 is 5.32 Å². The molecular formula is C12H12N6O2. The number of aliphatic hydroxyl groups is 1. The third kappa shape index (κ3) is 4.15. The fraction of sp³-hybridized carbons (Fsp3) is 0.250. The Morgan fingerprint density at radius 3 is 3.15 bits per heavy atom. The number of tetrazole rings is 1. The molecule has 8 heteroatoms. The first-order chi connectivity index (χ1) is 9.78. The van der Waals surface area contributed by atoms with E-state index in [-0.39, 0.29) is 19.1 Å². The number of carbonyl (C=O) groups is 1. The molecule has 2 N–H and O–H groups in total. The minimum absolute atomic E-state index is 0.00903. The number of pyridine rings is 1. The molecule has 0 saturated heterocycles. The van der Waals surface area contributed by atoms with Crippen molar-refractivity contribution in [2.24, 2.45) is 0 Å². The average Bonchev–Trinajstić information content (AvgIpc) is 2.92. The molecule has 0 aliphatic carbocycles. The molecule has 0 aliphatic heterocycles. The summed E-state index contributed by atoms with van der Waals surface area (Å²) in [5.74, 6) is 5.78. The first-order valence-electron chi connectivity index (χ1n) is 5.84. The fourth-order valence-electron chi connectivity index (χ4n) is 1.38. The number of hydrogen-bond donors (Lipinski definition) is 2. The molecule has 0 spiro atoms. The number of hydrogen-bond acceptors (Lipinski definition) is 6. The molecule has 20 heavy (non-hydrogen) atoms. The maximum atomic E-state index is 11.7. The van der Waals surface area contributed by atoms with Gasteiger partial charge < -0.3 is 10.4 Å². The van der Waals surface area contributed by atoms with Gasteiger partial charge in [0.15, 0.2) is 0 Å². The lowest BCUT2D eigenvalue weighted by Gasteiger charge is -2.03.